The number of rotatable bonds is 3. The molecule has 21 heavy (non-hydrogen) atoms. The smallest absolute Gasteiger partial charge is 0.314 e. The minimum atomic E-state index is -0.860. The number of carboxylic acids is 1. The van der Waals surface area contributed by atoms with E-state index in [9.17, 15) is 14.3 Å². The molecule has 0 atom stereocenters. The van der Waals surface area contributed by atoms with Crippen LogP contribution in [0.2, 0.25) is 0 Å². The van der Waals surface area contributed by atoms with E-state index in [1.165, 1.54) is 12.1 Å². The second kappa shape index (κ2) is 5.64. The van der Waals surface area contributed by atoms with Crippen LogP contribution in [-0.4, -0.2) is 37.4 Å². The summed E-state index contributed by atoms with van der Waals surface area (Å²) in [5, 5.41) is 9.77. The number of hydrogen-bond donors (Lipinski definition) is 1. The Balaban J connectivity index is 2.06. The zero-order chi connectivity index (χ0) is 14.9. The quantitative estimate of drug-likeness (QED) is 0.930. The maximum atomic E-state index is 13.7. The SMILES string of the molecule is O=C(O)C1(c2ccc(F)cc2N2CCOCC2)CCCC1. The summed E-state index contributed by atoms with van der Waals surface area (Å²) in [5.41, 5.74) is 0.625. The maximum absolute atomic E-state index is 13.7. The van der Waals surface area contributed by atoms with Gasteiger partial charge in [-0.05, 0) is 30.5 Å². The first-order valence-electron chi connectivity index (χ1n) is 7.50. The molecule has 0 spiro atoms. The van der Waals surface area contributed by atoms with Gasteiger partial charge in [-0.15, -0.1) is 0 Å². The number of anilines is 1. The van der Waals surface area contributed by atoms with Gasteiger partial charge in [0.2, 0.25) is 0 Å². The fourth-order valence-corrected chi connectivity index (χ4v) is 3.55. The van der Waals surface area contributed by atoms with Crippen molar-refractivity contribution in [3.05, 3.63) is 29.6 Å². The van der Waals surface area contributed by atoms with E-state index in [1.54, 1.807) is 6.07 Å². The largest absolute Gasteiger partial charge is 0.481 e. The first-order chi connectivity index (χ1) is 10.1. The van der Waals surface area contributed by atoms with Crippen molar-refractivity contribution in [3.63, 3.8) is 0 Å². The summed E-state index contributed by atoms with van der Waals surface area (Å²) >= 11 is 0. The third kappa shape index (κ3) is 2.50. The van der Waals surface area contributed by atoms with Gasteiger partial charge in [0.05, 0.1) is 18.6 Å². The molecule has 1 N–H and O–H groups in total. The van der Waals surface area contributed by atoms with Gasteiger partial charge in [-0.25, -0.2) is 4.39 Å². The fraction of sp³-hybridized carbons (Fsp3) is 0.562. The Morgan fingerprint density at radius 3 is 2.52 bits per heavy atom. The second-order valence-electron chi connectivity index (χ2n) is 5.86. The Labute approximate surface area is 123 Å². The summed E-state index contributed by atoms with van der Waals surface area (Å²) in [6, 6.07) is 4.52. The van der Waals surface area contributed by atoms with Crippen LogP contribution in [0.3, 0.4) is 0 Å². The molecule has 0 radical (unpaired) electrons. The van der Waals surface area contributed by atoms with Crippen molar-refractivity contribution >= 4 is 11.7 Å². The molecule has 2 fully saturated rings. The molecule has 3 rings (SSSR count). The number of morpholine rings is 1. The average molecular weight is 293 g/mol. The molecule has 2 aliphatic rings. The standard InChI is InChI=1S/C16H20FNO3/c17-12-3-4-13(16(15(19)20)5-1-2-6-16)14(11-12)18-7-9-21-10-8-18/h3-4,11H,1-2,5-10H2,(H,19,20). The molecule has 0 amide bonds. The van der Waals surface area contributed by atoms with Crippen LogP contribution in [0, 0.1) is 5.82 Å². The number of hydrogen-bond acceptors (Lipinski definition) is 3. The molecule has 1 saturated carbocycles. The lowest BCUT2D eigenvalue weighted by Crippen LogP contribution is -2.40. The minimum absolute atomic E-state index is 0.321. The van der Waals surface area contributed by atoms with Crippen molar-refractivity contribution < 1.29 is 19.0 Å². The number of benzene rings is 1. The van der Waals surface area contributed by atoms with Crippen molar-refractivity contribution in [2.75, 3.05) is 31.2 Å². The third-order valence-electron chi connectivity index (χ3n) is 4.69. The van der Waals surface area contributed by atoms with E-state index in [-0.39, 0.29) is 5.82 Å². The first kappa shape index (κ1) is 14.3. The van der Waals surface area contributed by atoms with E-state index in [1.807, 2.05) is 4.90 Å². The van der Waals surface area contributed by atoms with Gasteiger partial charge < -0.3 is 14.7 Å². The van der Waals surface area contributed by atoms with Gasteiger partial charge in [0, 0.05) is 18.8 Å². The average Bonchev–Trinajstić information content (AvgIpc) is 2.99. The lowest BCUT2D eigenvalue weighted by Gasteiger charge is -2.35. The van der Waals surface area contributed by atoms with E-state index in [2.05, 4.69) is 0 Å². The molecule has 0 unspecified atom stereocenters. The van der Waals surface area contributed by atoms with E-state index in [0.717, 1.165) is 24.1 Å². The minimum Gasteiger partial charge on any atom is -0.481 e. The highest BCUT2D eigenvalue weighted by Crippen LogP contribution is 2.45. The van der Waals surface area contributed by atoms with Crippen molar-refractivity contribution in [1.82, 2.24) is 0 Å². The van der Waals surface area contributed by atoms with Gasteiger partial charge in [0.15, 0.2) is 0 Å². The van der Waals surface area contributed by atoms with Crippen molar-refractivity contribution in [1.29, 1.82) is 0 Å². The predicted molar refractivity (Wildman–Crippen MR) is 77.2 cm³/mol. The number of carboxylic acid groups (broad SMARTS) is 1. The molecular formula is C16H20FNO3. The van der Waals surface area contributed by atoms with Crippen LogP contribution < -0.4 is 4.90 Å². The van der Waals surface area contributed by atoms with Gasteiger partial charge in [-0.3, -0.25) is 4.79 Å². The van der Waals surface area contributed by atoms with Crippen LogP contribution in [0.1, 0.15) is 31.2 Å². The van der Waals surface area contributed by atoms with Crippen LogP contribution in [0.25, 0.3) is 0 Å². The molecule has 1 aliphatic carbocycles. The summed E-state index contributed by atoms with van der Waals surface area (Å²) in [4.78, 5) is 14.0. The van der Waals surface area contributed by atoms with Crippen molar-refractivity contribution in [2.45, 2.75) is 31.1 Å². The molecule has 0 bridgehead atoms. The van der Waals surface area contributed by atoms with Gasteiger partial charge in [-0.1, -0.05) is 18.9 Å². The van der Waals surface area contributed by atoms with Crippen LogP contribution in [0.5, 0.6) is 0 Å². The number of nitrogens with zero attached hydrogens (tertiary/aromatic N) is 1. The normalized spacial score (nSPS) is 21.5. The van der Waals surface area contributed by atoms with E-state index >= 15 is 0 Å². The molecule has 0 aromatic heterocycles. The van der Waals surface area contributed by atoms with Crippen LogP contribution >= 0.6 is 0 Å². The first-order valence-corrected chi connectivity index (χ1v) is 7.50. The Bertz CT molecular complexity index is 534. The zero-order valence-corrected chi connectivity index (χ0v) is 12.0. The Hall–Kier alpha value is -1.62. The molecule has 1 aliphatic heterocycles. The van der Waals surface area contributed by atoms with Crippen molar-refractivity contribution in [2.24, 2.45) is 0 Å². The predicted octanol–water partition coefficient (Wildman–Crippen LogP) is 2.56. The Morgan fingerprint density at radius 2 is 1.90 bits per heavy atom. The summed E-state index contributed by atoms with van der Waals surface area (Å²) in [6.45, 7) is 2.53. The lowest BCUT2D eigenvalue weighted by atomic mass is 9.77. The number of carbonyl (C=O) groups is 1. The van der Waals surface area contributed by atoms with Crippen LogP contribution in [-0.2, 0) is 14.9 Å². The molecule has 1 aromatic carbocycles. The highest BCUT2D eigenvalue weighted by atomic mass is 19.1. The summed E-state index contributed by atoms with van der Waals surface area (Å²) in [6.07, 6.45) is 3.08. The number of halogens is 1. The van der Waals surface area contributed by atoms with Crippen LogP contribution in [0.15, 0.2) is 18.2 Å². The fourth-order valence-electron chi connectivity index (χ4n) is 3.55. The lowest BCUT2D eigenvalue weighted by molar-refractivity contribution is -0.143. The molecule has 5 heteroatoms. The molecule has 4 nitrogen and oxygen atoms in total. The number of aliphatic carboxylic acids is 1. The third-order valence-corrected chi connectivity index (χ3v) is 4.69. The van der Waals surface area contributed by atoms with Gasteiger partial charge in [0.1, 0.15) is 5.82 Å². The number of ether oxygens (including phenoxy) is 1. The summed E-state index contributed by atoms with van der Waals surface area (Å²) in [7, 11) is 0. The van der Waals surface area contributed by atoms with Crippen LogP contribution in [0.4, 0.5) is 10.1 Å². The molecule has 1 heterocycles. The van der Waals surface area contributed by atoms with Crippen molar-refractivity contribution in [3.8, 4) is 0 Å². The second-order valence-corrected chi connectivity index (χ2v) is 5.86. The van der Waals surface area contributed by atoms with E-state index in [4.69, 9.17) is 4.74 Å². The Morgan fingerprint density at radius 1 is 1.24 bits per heavy atom. The van der Waals surface area contributed by atoms with Gasteiger partial charge >= 0.3 is 5.97 Å². The molecule has 1 aromatic rings. The molecule has 1 saturated heterocycles. The van der Waals surface area contributed by atoms with Gasteiger partial charge in [-0.2, -0.15) is 0 Å². The highest BCUT2D eigenvalue weighted by Gasteiger charge is 2.45. The van der Waals surface area contributed by atoms with Gasteiger partial charge in [0.25, 0.3) is 0 Å². The monoisotopic (exact) mass is 293 g/mol. The summed E-state index contributed by atoms with van der Waals surface area (Å²) in [5.74, 6) is -1.11. The molecular weight excluding hydrogens is 273 g/mol. The summed E-state index contributed by atoms with van der Waals surface area (Å²) < 4.78 is 19.0. The highest BCUT2D eigenvalue weighted by molar-refractivity contribution is 5.84. The Kier molecular flexibility index (Phi) is 3.85. The molecule has 114 valence electrons. The zero-order valence-electron chi connectivity index (χ0n) is 12.0. The maximum Gasteiger partial charge on any atom is 0.314 e. The van der Waals surface area contributed by atoms with E-state index in [0.29, 0.717) is 39.1 Å². The topological polar surface area (TPSA) is 49.8 Å². The van der Waals surface area contributed by atoms with E-state index < -0.39 is 11.4 Å².